The van der Waals surface area contributed by atoms with Crippen LogP contribution in [0.4, 0.5) is 10.1 Å². The van der Waals surface area contributed by atoms with Crippen LogP contribution in [0.15, 0.2) is 23.1 Å². The molecule has 1 amide bonds. The topological polar surface area (TPSA) is 98.5 Å². The maximum absolute atomic E-state index is 13.8. The lowest BCUT2D eigenvalue weighted by Crippen LogP contribution is -2.47. The molecular weight excluding hydrogens is 299 g/mol. The van der Waals surface area contributed by atoms with Crippen LogP contribution in [0.3, 0.4) is 0 Å². The fourth-order valence-electron chi connectivity index (χ4n) is 2.02. The second-order valence-corrected chi connectivity index (χ2v) is 7.42. The van der Waals surface area contributed by atoms with E-state index in [0.717, 1.165) is 24.5 Å². The molecule has 21 heavy (non-hydrogen) atoms. The number of nitrogens with one attached hydrogen (secondary N) is 1. The van der Waals surface area contributed by atoms with Gasteiger partial charge in [-0.3, -0.25) is 4.79 Å². The number of carbonyl (C=O) groups excluding carboxylic acids is 1. The highest BCUT2D eigenvalue weighted by molar-refractivity contribution is 7.90. The van der Waals surface area contributed by atoms with Gasteiger partial charge in [-0.15, -0.1) is 0 Å². The van der Waals surface area contributed by atoms with Gasteiger partial charge in [0, 0.05) is 12.3 Å². The minimum Gasteiger partial charge on any atom is -0.379 e. The Kier molecular flexibility index (Phi) is 4.05. The molecule has 1 aromatic rings. The number of halogens is 1. The number of nitrogens with two attached hydrogens (primary N) is 1. The van der Waals surface area contributed by atoms with Crippen molar-refractivity contribution in [3.05, 3.63) is 24.0 Å². The van der Waals surface area contributed by atoms with E-state index in [0.29, 0.717) is 0 Å². The molecule has 0 spiro atoms. The quantitative estimate of drug-likeness (QED) is 0.793. The summed E-state index contributed by atoms with van der Waals surface area (Å²) in [7, 11) is -3.49. The third-order valence-corrected chi connectivity index (χ3v) is 4.76. The number of hydrogen-bond donors (Lipinski definition) is 2. The third kappa shape index (κ3) is 3.07. The van der Waals surface area contributed by atoms with Gasteiger partial charge in [0.05, 0.1) is 29.2 Å². The summed E-state index contributed by atoms with van der Waals surface area (Å²) in [6, 6.07) is 2.73. The monoisotopic (exact) mass is 316 g/mol. The first-order chi connectivity index (χ1) is 9.64. The lowest BCUT2D eigenvalue weighted by Gasteiger charge is -2.25. The summed E-state index contributed by atoms with van der Waals surface area (Å²) in [5, 5.41) is 2.40. The maximum Gasteiger partial charge on any atom is 0.234 e. The number of carbonyl (C=O) groups is 1. The number of sulfone groups is 1. The Labute approximate surface area is 122 Å². The molecule has 0 aromatic heterocycles. The molecule has 0 saturated carbocycles. The third-order valence-electron chi connectivity index (χ3n) is 3.65. The minimum atomic E-state index is -3.49. The van der Waals surface area contributed by atoms with Crippen LogP contribution in [0.2, 0.25) is 0 Å². The van der Waals surface area contributed by atoms with Gasteiger partial charge in [-0.05, 0) is 25.1 Å². The minimum absolute atomic E-state index is 0.0728. The Hall–Kier alpha value is -1.51. The second kappa shape index (κ2) is 5.36. The average molecular weight is 316 g/mol. The zero-order chi connectivity index (χ0) is 15.8. The molecule has 8 heteroatoms. The van der Waals surface area contributed by atoms with E-state index in [4.69, 9.17) is 10.5 Å². The van der Waals surface area contributed by atoms with E-state index in [1.54, 1.807) is 6.92 Å². The summed E-state index contributed by atoms with van der Waals surface area (Å²) in [6.45, 7) is 2.00. The van der Waals surface area contributed by atoms with Crippen LogP contribution >= 0.6 is 0 Å². The highest BCUT2D eigenvalue weighted by atomic mass is 32.2. The molecule has 0 bridgehead atoms. The van der Waals surface area contributed by atoms with E-state index in [1.807, 2.05) is 0 Å². The van der Waals surface area contributed by atoms with E-state index in [2.05, 4.69) is 5.32 Å². The van der Waals surface area contributed by atoms with E-state index in [9.17, 15) is 17.6 Å². The van der Waals surface area contributed by atoms with E-state index < -0.39 is 33.0 Å². The van der Waals surface area contributed by atoms with Gasteiger partial charge < -0.3 is 15.8 Å². The molecule has 1 aliphatic rings. The molecule has 1 aliphatic heterocycles. The van der Waals surface area contributed by atoms with Crippen LogP contribution in [0, 0.1) is 11.2 Å². The van der Waals surface area contributed by atoms with Crippen LogP contribution in [-0.4, -0.2) is 39.8 Å². The summed E-state index contributed by atoms with van der Waals surface area (Å²) in [5.74, 6) is -1.22. The van der Waals surface area contributed by atoms with Gasteiger partial charge in [0.25, 0.3) is 0 Å². The van der Waals surface area contributed by atoms with Crippen LogP contribution < -0.4 is 11.1 Å². The highest BCUT2D eigenvalue weighted by Gasteiger charge is 2.44. The molecule has 116 valence electrons. The van der Waals surface area contributed by atoms with Crippen LogP contribution in [0.1, 0.15) is 6.92 Å². The highest BCUT2D eigenvalue weighted by Crippen LogP contribution is 2.29. The molecule has 0 radical (unpaired) electrons. The number of amides is 1. The van der Waals surface area contributed by atoms with Gasteiger partial charge in [0.15, 0.2) is 9.84 Å². The summed E-state index contributed by atoms with van der Waals surface area (Å²) in [5.41, 5.74) is 4.66. The molecule has 2 unspecified atom stereocenters. The van der Waals surface area contributed by atoms with Gasteiger partial charge in [-0.25, -0.2) is 12.8 Å². The Bertz CT molecular complexity index is 677. The van der Waals surface area contributed by atoms with Crippen molar-refractivity contribution in [2.24, 2.45) is 11.1 Å². The average Bonchev–Trinajstić information content (AvgIpc) is 2.72. The standard InChI is InChI=1S/C13H17FN2O4S/c1-13(7-20-6-11(13)15)12(17)16-10-5-8(21(2,18)19)3-4-9(10)14/h3-5,11H,6-7,15H2,1-2H3,(H,16,17). The smallest absolute Gasteiger partial charge is 0.234 e. The number of rotatable bonds is 3. The van der Waals surface area contributed by atoms with Crippen molar-refractivity contribution in [2.45, 2.75) is 17.9 Å². The number of anilines is 1. The van der Waals surface area contributed by atoms with Gasteiger partial charge >= 0.3 is 0 Å². The summed E-state index contributed by atoms with van der Waals surface area (Å²) < 4.78 is 41.9. The van der Waals surface area contributed by atoms with Crippen LogP contribution in [0.5, 0.6) is 0 Å². The van der Waals surface area contributed by atoms with Crippen molar-refractivity contribution in [2.75, 3.05) is 24.8 Å². The Morgan fingerprint density at radius 3 is 2.71 bits per heavy atom. The zero-order valence-corrected chi connectivity index (χ0v) is 12.5. The molecule has 3 N–H and O–H groups in total. The van der Waals surface area contributed by atoms with Crippen LogP contribution in [-0.2, 0) is 19.4 Å². The first-order valence-corrected chi connectivity index (χ1v) is 8.18. The SMILES string of the molecule is CC1(C(=O)Nc2cc(S(C)(=O)=O)ccc2F)COCC1N. The summed E-state index contributed by atoms with van der Waals surface area (Å²) in [4.78, 5) is 12.2. The normalized spacial score (nSPS) is 25.8. The Morgan fingerprint density at radius 1 is 1.52 bits per heavy atom. The molecule has 1 saturated heterocycles. The Balaban J connectivity index is 2.29. The molecule has 2 atom stereocenters. The first-order valence-electron chi connectivity index (χ1n) is 6.29. The van der Waals surface area contributed by atoms with Crippen molar-refractivity contribution in [1.82, 2.24) is 0 Å². The predicted octanol–water partition coefficient (Wildman–Crippen LogP) is 0.531. The van der Waals surface area contributed by atoms with Crippen molar-refractivity contribution in [3.63, 3.8) is 0 Å². The maximum atomic E-state index is 13.8. The molecule has 2 rings (SSSR count). The van der Waals surface area contributed by atoms with Crippen molar-refractivity contribution < 1.29 is 22.3 Å². The van der Waals surface area contributed by atoms with E-state index in [-0.39, 0.29) is 23.8 Å². The summed E-state index contributed by atoms with van der Waals surface area (Å²) >= 11 is 0. The molecule has 0 aliphatic carbocycles. The molecular formula is C13H17FN2O4S. The lowest BCUT2D eigenvalue weighted by atomic mass is 9.85. The fraction of sp³-hybridized carbons (Fsp3) is 0.462. The Morgan fingerprint density at radius 2 is 2.19 bits per heavy atom. The van der Waals surface area contributed by atoms with E-state index in [1.165, 1.54) is 0 Å². The fourth-order valence-corrected chi connectivity index (χ4v) is 2.67. The number of benzene rings is 1. The molecule has 1 aromatic carbocycles. The van der Waals surface area contributed by atoms with Crippen molar-refractivity contribution >= 4 is 21.4 Å². The molecule has 1 heterocycles. The largest absolute Gasteiger partial charge is 0.379 e. The van der Waals surface area contributed by atoms with Crippen molar-refractivity contribution in [1.29, 1.82) is 0 Å². The van der Waals surface area contributed by atoms with Crippen molar-refractivity contribution in [3.8, 4) is 0 Å². The first kappa shape index (κ1) is 15.9. The molecule has 6 nitrogen and oxygen atoms in total. The lowest BCUT2D eigenvalue weighted by molar-refractivity contribution is -0.125. The zero-order valence-electron chi connectivity index (χ0n) is 11.7. The second-order valence-electron chi connectivity index (χ2n) is 5.41. The van der Waals surface area contributed by atoms with Crippen LogP contribution in [0.25, 0.3) is 0 Å². The van der Waals surface area contributed by atoms with Gasteiger partial charge in [-0.2, -0.15) is 0 Å². The van der Waals surface area contributed by atoms with E-state index >= 15 is 0 Å². The van der Waals surface area contributed by atoms with Gasteiger partial charge in [-0.1, -0.05) is 0 Å². The number of hydrogen-bond acceptors (Lipinski definition) is 5. The predicted molar refractivity (Wildman–Crippen MR) is 75.0 cm³/mol. The van der Waals surface area contributed by atoms with Gasteiger partial charge in [0.2, 0.25) is 5.91 Å². The van der Waals surface area contributed by atoms with Gasteiger partial charge in [0.1, 0.15) is 5.82 Å². The number of ether oxygens (including phenoxy) is 1. The summed E-state index contributed by atoms with van der Waals surface area (Å²) in [6.07, 6.45) is 1.01. The molecule has 1 fully saturated rings.